The van der Waals surface area contributed by atoms with Gasteiger partial charge < -0.3 is 0 Å². The first-order chi connectivity index (χ1) is 6.62. The zero-order valence-electron chi connectivity index (χ0n) is 10.8. The summed E-state index contributed by atoms with van der Waals surface area (Å²) in [6.07, 6.45) is 3.91. The SMILES string of the molecule is CC1(C)CC(N=C=O)C(C)(C)C(C)(C)C1. The Balaban J connectivity index is 3.11. The van der Waals surface area contributed by atoms with Gasteiger partial charge in [0.05, 0.1) is 6.04 Å². The smallest absolute Gasteiger partial charge is 0.211 e. The average Bonchev–Trinajstić information content (AvgIpc) is 1.98. The lowest BCUT2D eigenvalue weighted by atomic mass is 9.51. The predicted molar refractivity (Wildman–Crippen MR) is 62.5 cm³/mol. The van der Waals surface area contributed by atoms with Crippen molar-refractivity contribution in [3.63, 3.8) is 0 Å². The fourth-order valence-corrected chi connectivity index (χ4v) is 3.00. The van der Waals surface area contributed by atoms with Gasteiger partial charge in [-0.25, -0.2) is 9.79 Å². The Hall–Kier alpha value is -0.620. The third kappa shape index (κ3) is 2.15. The molecular formula is C13H23NO. The van der Waals surface area contributed by atoms with Crippen molar-refractivity contribution < 1.29 is 4.79 Å². The van der Waals surface area contributed by atoms with Gasteiger partial charge in [-0.2, -0.15) is 0 Å². The minimum atomic E-state index is 0.0694. The van der Waals surface area contributed by atoms with Gasteiger partial charge in [-0.1, -0.05) is 41.5 Å². The zero-order chi connectivity index (χ0) is 11.9. The van der Waals surface area contributed by atoms with Crippen LogP contribution in [0.15, 0.2) is 4.99 Å². The van der Waals surface area contributed by atoms with Crippen molar-refractivity contribution in [1.82, 2.24) is 0 Å². The van der Waals surface area contributed by atoms with Gasteiger partial charge in [0.2, 0.25) is 6.08 Å². The second kappa shape index (κ2) is 3.45. The summed E-state index contributed by atoms with van der Waals surface area (Å²) < 4.78 is 0. The lowest BCUT2D eigenvalue weighted by molar-refractivity contribution is -0.0304. The highest BCUT2D eigenvalue weighted by Crippen LogP contribution is 2.56. The van der Waals surface area contributed by atoms with E-state index < -0.39 is 0 Å². The minimum Gasteiger partial charge on any atom is -0.211 e. The normalized spacial score (nSPS) is 31.7. The van der Waals surface area contributed by atoms with Gasteiger partial charge in [0, 0.05) is 0 Å². The van der Waals surface area contributed by atoms with Crippen LogP contribution < -0.4 is 0 Å². The van der Waals surface area contributed by atoms with Crippen molar-refractivity contribution in [2.24, 2.45) is 21.2 Å². The fraction of sp³-hybridized carbons (Fsp3) is 0.923. The largest absolute Gasteiger partial charge is 0.235 e. The van der Waals surface area contributed by atoms with Crippen molar-refractivity contribution >= 4 is 6.08 Å². The van der Waals surface area contributed by atoms with Gasteiger partial charge in [0.15, 0.2) is 0 Å². The van der Waals surface area contributed by atoms with Gasteiger partial charge in [-0.3, -0.25) is 0 Å². The molecule has 0 N–H and O–H groups in total. The van der Waals surface area contributed by atoms with E-state index in [1.165, 1.54) is 6.42 Å². The standard InChI is InChI=1S/C13H23NO/c1-11(2)7-10(14-9-15)13(5,6)12(3,4)8-11/h10H,7-8H2,1-6H3. The van der Waals surface area contributed by atoms with Crippen LogP contribution in [0, 0.1) is 16.2 Å². The summed E-state index contributed by atoms with van der Waals surface area (Å²) in [4.78, 5) is 14.5. The van der Waals surface area contributed by atoms with E-state index in [0.717, 1.165) is 6.42 Å². The third-order valence-corrected chi connectivity index (χ3v) is 4.45. The Kier molecular flexibility index (Phi) is 2.86. The van der Waals surface area contributed by atoms with Gasteiger partial charge in [-0.05, 0) is 29.1 Å². The van der Waals surface area contributed by atoms with Crippen LogP contribution in [-0.2, 0) is 4.79 Å². The summed E-state index contributed by atoms with van der Waals surface area (Å²) in [5, 5.41) is 0. The molecule has 1 unspecified atom stereocenters. The van der Waals surface area contributed by atoms with Crippen LogP contribution in [0.5, 0.6) is 0 Å². The highest BCUT2D eigenvalue weighted by atomic mass is 16.1. The molecule has 0 aromatic heterocycles. The van der Waals surface area contributed by atoms with Crippen molar-refractivity contribution in [3.8, 4) is 0 Å². The molecule has 0 saturated heterocycles. The molecule has 0 aromatic carbocycles. The van der Waals surface area contributed by atoms with Gasteiger partial charge in [0.1, 0.15) is 0 Å². The average molecular weight is 209 g/mol. The Morgan fingerprint density at radius 3 is 2.13 bits per heavy atom. The van der Waals surface area contributed by atoms with Crippen LogP contribution >= 0.6 is 0 Å². The molecule has 0 bridgehead atoms. The topological polar surface area (TPSA) is 29.4 Å². The first-order valence-corrected chi connectivity index (χ1v) is 5.69. The van der Waals surface area contributed by atoms with Crippen LogP contribution in [0.25, 0.3) is 0 Å². The Morgan fingerprint density at radius 2 is 1.67 bits per heavy atom. The van der Waals surface area contributed by atoms with Crippen molar-refractivity contribution in [2.75, 3.05) is 0 Å². The molecule has 0 heterocycles. The van der Waals surface area contributed by atoms with E-state index in [9.17, 15) is 4.79 Å². The quantitative estimate of drug-likeness (QED) is 0.479. The molecule has 0 radical (unpaired) electrons. The molecule has 2 heteroatoms. The third-order valence-electron chi connectivity index (χ3n) is 4.45. The number of nitrogens with zero attached hydrogens (tertiary/aromatic N) is 1. The van der Waals surface area contributed by atoms with Crippen molar-refractivity contribution in [3.05, 3.63) is 0 Å². The summed E-state index contributed by atoms with van der Waals surface area (Å²) in [6.45, 7) is 13.5. The fourth-order valence-electron chi connectivity index (χ4n) is 3.00. The molecule has 1 fully saturated rings. The maximum atomic E-state index is 10.5. The molecule has 1 rings (SSSR count). The number of carbonyl (C=O) groups excluding carboxylic acids is 1. The molecule has 1 atom stereocenters. The van der Waals surface area contributed by atoms with E-state index in [4.69, 9.17) is 0 Å². The highest BCUT2D eigenvalue weighted by molar-refractivity contribution is 5.34. The number of hydrogen-bond donors (Lipinski definition) is 0. The van der Waals surface area contributed by atoms with E-state index in [1.807, 2.05) is 0 Å². The molecule has 15 heavy (non-hydrogen) atoms. The molecule has 1 saturated carbocycles. The molecule has 0 amide bonds. The lowest BCUT2D eigenvalue weighted by Gasteiger charge is -2.54. The maximum absolute atomic E-state index is 10.5. The minimum absolute atomic E-state index is 0.0694. The Labute approximate surface area is 93.2 Å². The Bertz CT molecular complexity index is 296. The number of rotatable bonds is 1. The van der Waals surface area contributed by atoms with E-state index in [1.54, 1.807) is 6.08 Å². The van der Waals surface area contributed by atoms with E-state index in [-0.39, 0.29) is 22.3 Å². The Morgan fingerprint density at radius 1 is 1.13 bits per heavy atom. The summed E-state index contributed by atoms with van der Waals surface area (Å²) in [5.74, 6) is 0. The van der Waals surface area contributed by atoms with E-state index in [0.29, 0.717) is 0 Å². The molecule has 2 nitrogen and oxygen atoms in total. The predicted octanol–water partition coefficient (Wildman–Crippen LogP) is 3.56. The van der Waals surface area contributed by atoms with Crippen LogP contribution in [0.1, 0.15) is 54.4 Å². The van der Waals surface area contributed by atoms with Crippen LogP contribution in [0.4, 0.5) is 0 Å². The summed E-state index contributed by atoms with van der Waals surface area (Å²) in [7, 11) is 0. The first kappa shape index (κ1) is 12.4. The van der Waals surface area contributed by atoms with Gasteiger partial charge >= 0.3 is 0 Å². The molecule has 86 valence electrons. The second-order valence-electron chi connectivity index (χ2n) is 6.89. The van der Waals surface area contributed by atoms with E-state index >= 15 is 0 Å². The second-order valence-corrected chi connectivity index (χ2v) is 6.89. The summed E-state index contributed by atoms with van der Waals surface area (Å²) >= 11 is 0. The monoisotopic (exact) mass is 209 g/mol. The van der Waals surface area contributed by atoms with Crippen molar-refractivity contribution in [1.29, 1.82) is 0 Å². The number of aliphatic imine (C=N–C) groups is 1. The van der Waals surface area contributed by atoms with E-state index in [2.05, 4.69) is 46.5 Å². The highest BCUT2D eigenvalue weighted by Gasteiger charge is 2.51. The van der Waals surface area contributed by atoms with Crippen LogP contribution in [0.2, 0.25) is 0 Å². The molecule has 0 aromatic rings. The van der Waals surface area contributed by atoms with Crippen molar-refractivity contribution in [2.45, 2.75) is 60.4 Å². The molecule has 0 aliphatic heterocycles. The molecular weight excluding hydrogens is 186 g/mol. The van der Waals surface area contributed by atoms with Crippen LogP contribution in [-0.4, -0.2) is 12.1 Å². The van der Waals surface area contributed by atoms with Gasteiger partial charge in [-0.15, -0.1) is 0 Å². The first-order valence-electron chi connectivity index (χ1n) is 5.69. The maximum Gasteiger partial charge on any atom is 0.235 e. The zero-order valence-corrected chi connectivity index (χ0v) is 10.8. The lowest BCUT2D eigenvalue weighted by Crippen LogP contribution is -2.50. The molecule has 1 aliphatic rings. The number of isocyanates is 1. The molecule has 0 spiro atoms. The molecule has 1 aliphatic carbocycles. The van der Waals surface area contributed by atoms with Crippen LogP contribution in [0.3, 0.4) is 0 Å². The number of hydrogen-bond acceptors (Lipinski definition) is 2. The van der Waals surface area contributed by atoms with Gasteiger partial charge in [0.25, 0.3) is 0 Å². The summed E-state index contributed by atoms with van der Waals surface area (Å²) in [5.41, 5.74) is 0.545. The summed E-state index contributed by atoms with van der Waals surface area (Å²) in [6, 6.07) is 0.105.